The first kappa shape index (κ1) is 5.81. The molecule has 0 fully saturated rings. The maximum Gasteiger partial charge on any atom is 0.0725 e. The van der Waals surface area contributed by atoms with Gasteiger partial charge in [-0.05, 0) is 6.07 Å². The molecule has 0 spiro atoms. The van der Waals surface area contributed by atoms with Crippen LogP contribution < -0.4 is 0 Å². The second kappa shape index (κ2) is 2.03. The van der Waals surface area contributed by atoms with Gasteiger partial charge in [0.05, 0.1) is 10.5 Å². The third-order valence-corrected chi connectivity index (χ3v) is 1.77. The Morgan fingerprint density at radius 3 is 3.10 bits per heavy atom. The highest BCUT2D eigenvalue weighted by molar-refractivity contribution is 6.34. The van der Waals surface area contributed by atoms with E-state index in [0.29, 0.717) is 5.02 Å². The predicted molar refractivity (Wildman–Crippen MR) is 42.1 cm³/mol. The number of aromatic nitrogens is 1. The van der Waals surface area contributed by atoms with Crippen molar-refractivity contribution in [2.75, 3.05) is 0 Å². The lowest BCUT2D eigenvalue weighted by atomic mass is 10.2. The number of hydrogen-bond acceptors (Lipinski definition) is 0. The molecule has 1 radical (unpaired) electrons. The Balaban J connectivity index is 2.95. The smallest absolute Gasteiger partial charge is 0.0725 e. The monoisotopic (exact) mass is 150 g/mol. The Morgan fingerprint density at radius 1 is 1.40 bits per heavy atom. The molecule has 0 aliphatic rings. The van der Waals surface area contributed by atoms with E-state index >= 15 is 0 Å². The highest BCUT2D eigenvalue weighted by Gasteiger charge is 1.96. The predicted octanol–water partition coefficient (Wildman–Crippen LogP) is 2.62. The van der Waals surface area contributed by atoms with Crippen LogP contribution >= 0.6 is 11.6 Å². The second-order valence-electron chi connectivity index (χ2n) is 2.10. The van der Waals surface area contributed by atoms with E-state index in [-0.39, 0.29) is 0 Å². The van der Waals surface area contributed by atoms with Crippen molar-refractivity contribution in [2.45, 2.75) is 0 Å². The van der Waals surface area contributed by atoms with Gasteiger partial charge in [-0.3, -0.25) is 0 Å². The topological polar surface area (TPSA) is 15.8 Å². The molecule has 0 saturated carbocycles. The van der Waals surface area contributed by atoms with Gasteiger partial charge >= 0.3 is 0 Å². The molecule has 2 rings (SSSR count). The Morgan fingerprint density at radius 2 is 2.30 bits per heavy atom. The third kappa shape index (κ3) is 0.711. The van der Waals surface area contributed by atoms with E-state index in [1.165, 1.54) is 0 Å². The minimum absolute atomic E-state index is 0.655. The van der Waals surface area contributed by atoms with Crippen LogP contribution in [0.4, 0.5) is 0 Å². The summed E-state index contributed by atoms with van der Waals surface area (Å²) in [4.78, 5) is 3.02. The van der Waals surface area contributed by atoms with Gasteiger partial charge in [-0.2, -0.15) is 0 Å². The average Bonchev–Trinajstić information content (AvgIpc) is 2.36. The molecule has 0 amide bonds. The number of hydrogen-bond donors (Lipinski definition) is 1. The standard InChI is InChI=1S/C8H5ClN/c9-7-3-1-2-6-4-5-10-8(6)7/h1-2,4-5,10H. The molecule has 0 saturated heterocycles. The number of benzene rings is 1. The highest BCUT2D eigenvalue weighted by atomic mass is 35.5. The van der Waals surface area contributed by atoms with Crippen LogP contribution in [0.15, 0.2) is 24.4 Å². The van der Waals surface area contributed by atoms with Crippen LogP contribution in [0.25, 0.3) is 10.9 Å². The molecule has 0 unspecified atom stereocenters. The van der Waals surface area contributed by atoms with Crippen molar-refractivity contribution in [2.24, 2.45) is 0 Å². The normalized spacial score (nSPS) is 10.5. The molecule has 0 aliphatic heterocycles. The van der Waals surface area contributed by atoms with E-state index in [0.717, 1.165) is 10.9 Å². The van der Waals surface area contributed by atoms with Crippen LogP contribution in [0, 0.1) is 6.07 Å². The van der Waals surface area contributed by atoms with E-state index in [1.54, 1.807) is 0 Å². The third-order valence-electron chi connectivity index (χ3n) is 1.47. The number of rotatable bonds is 0. The van der Waals surface area contributed by atoms with Gasteiger partial charge in [0.15, 0.2) is 0 Å². The van der Waals surface area contributed by atoms with Crippen molar-refractivity contribution in [3.05, 3.63) is 35.5 Å². The molecule has 1 aromatic heterocycles. The first-order chi connectivity index (χ1) is 4.88. The first-order valence-electron chi connectivity index (χ1n) is 3.01. The molecule has 0 bridgehead atoms. The molecule has 1 nitrogen and oxygen atoms in total. The van der Waals surface area contributed by atoms with Gasteiger partial charge in [0, 0.05) is 17.6 Å². The van der Waals surface area contributed by atoms with Crippen LogP contribution in [0.2, 0.25) is 5.02 Å². The molecule has 10 heavy (non-hydrogen) atoms. The zero-order chi connectivity index (χ0) is 6.97. The van der Waals surface area contributed by atoms with Crippen molar-refractivity contribution < 1.29 is 0 Å². The summed E-state index contributed by atoms with van der Waals surface area (Å²) < 4.78 is 0. The van der Waals surface area contributed by atoms with Crippen LogP contribution in [-0.4, -0.2) is 4.98 Å². The van der Waals surface area contributed by atoms with Crippen molar-refractivity contribution in [1.82, 2.24) is 4.98 Å². The Kier molecular flexibility index (Phi) is 1.18. The minimum Gasteiger partial charge on any atom is -0.360 e. The maximum absolute atomic E-state index is 5.81. The number of halogens is 1. The van der Waals surface area contributed by atoms with Crippen molar-refractivity contribution >= 4 is 22.5 Å². The number of aromatic amines is 1. The van der Waals surface area contributed by atoms with Gasteiger partial charge in [-0.15, -0.1) is 0 Å². The summed E-state index contributed by atoms with van der Waals surface area (Å²) in [7, 11) is 0. The number of nitrogens with one attached hydrogen (secondary N) is 1. The second-order valence-corrected chi connectivity index (χ2v) is 2.48. The Labute approximate surface area is 63.6 Å². The van der Waals surface area contributed by atoms with E-state index in [2.05, 4.69) is 11.1 Å². The van der Waals surface area contributed by atoms with E-state index in [1.807, 2.05) is 24.4 Å². The summed E-state index contributed by atoms with van der Waals surface area (Å²) >= 11 is 5.81. The zero-order valence-corrected chi connectivity index (χ0v) is 5.94. The van der Waals surface area contributed by atoms with Gasteiger partial charge in [-0.1, -0.05) is 23.7 Å². The van der Waals surface area contributed by atoms with E-state index < -0.39 is 0 Å². The fourth-order valence-corrected chi connectivity index (χ4v) is 1.21. The maximum atomic E-state index is 5.81. The number of H-pyrrole nitrogens is 1. The summed E-state index contributed by atoms with van der Waals surface area (Å²) in [6.07, 6.45) is 1.87. The lowest BCUT2D eigenvalue weighted by Crippen LogP contribution is -1.68. The molecule has 1 N–H and O–H groups in total. The van der Waals surface area contributed by atoms with Gasteiger partial charge in [-0.25, -0.2) is 0 Å². The summed E-state index contributed by atoms with van der Waals surface area (Å²) in [5.41, 5.74) is 0.962. The fraction of sp³-hybridized carbons (Fsp3) is 0. The molecule has 1 heterocycles. The summed E-state index contributed by atoms with van der Waals surface area (Å²) in [6.45, 7) is 0. The largest absolute Gasteiger partial charge is 0.360 e. The first-order valence-corrected chi connectivity index (χ1v) is 3.39. The van der Waals surface area contributed by atoms with Gasteiger partial charge < -0.3 is 4.98 Å². The van der Waals surface area contributed by atoms with Crippen LogP contribution in [0.5, 0.6) is 0 Å². The highest BCUT2D eigenvalue weighted by Crippen LogP contribution is 2.19. The quantitative estimate of drug-likeness (QED) is 0.594. The molecule has 1 aromatic carbocycles. The minimum atomic E-state index is 0.655. The van der Waals surface area contributed by atoms with Crippen molar-refractivity contribution in [3.63, 3.8) is 0 Å². The molecule has 2 heteroatoms. The lowest BCUT2D eigenvalue weighted by Gasteiger charge is -1.89. The van der Waals surface area contributed by atoms with E-state index in [4.69, 9.17) is 11.6 Å². The summed E-state index contributed by atoms with van der Waals surface area (Å²) in [5.74, 6) is 0. The molecule has 0 aliphatic carbocycles. The zero-order valence-electron chi connectivity index (χ0n) is 5.19. The van der Waals surface area contributed by atoms with E-state index in [9.17, 15) is 0 Å². The molecule has 49 valence electrons. The lowest BCUT2D eigenvalue weighted by molar-refractivity contribution is 1.48. The summed E-state index contributed by atoms with van der Waals surface area (Å²) in [5, 5.41) is 1.78. The molecule has 0 atom stereocenters. The van der Waals surface area contributed by atoms with Crippen LogP contribution in [0.1, 0.15) is 0 Å². The van der Waals surface area contributed by atoms with Gasteiger partial charge in [0.2, 0.25) is 0 Å². The Bertz CT molecular complexity index is 351. The molecular weight excluding hydrogens is 146 g/mol. The van der Waals surface area contributed by atoms with Gasteiger partial charge in [0.25, 0.3) is 0 Å². The van der Waals surface area contributed by atoms with Crippen LogP contribution in [-0.2, 0) is 0 Å². The fourth-order valence-electron chi connectivity index (χ4n) is 0.987. The molecular formula is C8H5ClN. The average molecular weight is 151 g/mol. The number of fused-ring (bicyclic) bond motifs is 1. The SMILES string of the molecule is Clc1[c]ccc2cc[nH]c12. The van der Waals surface area contributed by atoms with Gasteiger partial charge in [0.1, 0.15) is 0 Å². The molecule has 2 aromatic rings. The van der Waals surface area contributed by atoms with Crippen molar-refractivity contribution in [1.29, 1.82) is 0 Å². The van der Waals surface area contributed by atoms with Crippen molar-refractivity contribution in [3.8, 4) is 0 Å². The Hall–Kier alpha value is -0.950. The summed E-state index contributed by atoms with van der Waals surface area (Å²) in [6, 6.07) is 8.66. The van der Waals surface area contributed by atoms with Crippen LogP contribution in [0.3, 0.4) is 0 Å².